The molecule has 3 rings (SSSR count). The number of hydrogen-bond donors (Lipinski definition) is 0. The van der Waals surface area contributed by atoms with Crippen molar-refractivity contribution in [3.8, 4) is 0 Å². The average Bonchev–Trinajstić information content (AvgIpc) is 3.05. The van der Waals surface area contributed by atoms with Crippen LogP contribution in [0.1, 0.15) is 29.4 Å². The van der Waals surface area contributed by atoms with Crippen LogP contribution in [0.3, 0.4) is 0 Å². The first-order chi connectivity index (χ1) is 12.9. The van der Waals surface area contributed by atoms with Crippen LogP contribution in [0.15, 0.2) is 48.7 Å². The number of anilines is 1. The van der Waals surface area contributed by atoms with Crippen molar-refractivity contribution in [2.45, 2.75) is 25.9 Å². The maximum atomic E-state index is 12.8. The zero-order chi connectivity index (χ0) is 19.4. The summed E-state index contributed by atoms with van der Waals surface area (Å²) in [7, 11) is -1.06. The van der Waals surface area contributed by atoms with Crippen LogP contribution in [0, 0.1) is 0 Å². The number of rotatable bonds is 6. The molecule has 1 unspecified atom stereocenters. The summed E-state index contributed by atoms with van der Waals surface area (Å²) in [6.45, 7) is 3.08. The molecule has 0 spiro atoms. The summed E-state index contributed by atoms with van der Waals surface area (Å²) in [5.74, 6) is 0.293. The third-order valence-corrected chi connectivity index (χ3v) is 6.77. The molecule has 1 saturated heterocycles. The second-order valence-corrected chi connectivity index (χ2v) is 9.10. The van der Waals surface area contributed by atoms with Gasteiger partial charge in [0.2, 0.25) is 0 Å². The van der Waals surface area contributed by atoms with E-state index in [0.29, 0.717) is 25.2 Å². The lowest BCUT2D eigenvalue weighted by Gasteiger charge is -2.25. The van der Waals surface area contributed by atoms with Gasteiger partial charge in [-0.1, -0.05) is 30.3 Å². The van der Waals surface area contributed by atoms with E-state index in [1.165, 1.54) is 0 Å². The number of benzene rings is 1. The van der Waals surface area contributed by atoms with Gasteiger partial charge in [-0.05, 0) is 31.0 Å². The van der Waals surface area contributed by atoms with Gasteiger partial charge in [0, 0.05) is 26.2 Å². The Balaban J connectivity index is 1.69. The molecule has 0 N–H and O–H groups in total. The van der Waals surface area contributed by atoms with E-state index >= 15 is 0 Å². The van der Waals surface area contributed by atoms with Gasteiger partial charge in [0.25, 0.3) is 5.91 Å². The predicted molar refractivity (Wildman–Crippen MR) is 107 cm³/mol. The molecule has 0 saturated carbocycles. The van der Waals surface area contributed by atoms with E-state index in [-0.39, 0.29) is 23.5 Å². The molecule has 1 aliphatic heterocycles. The van der Waals surface area contributed by atoms with Crippen LogP contribution in [0.25, 0.3) is 0 Å². The van der Waals surface area contributed by atoms with Crippen LogP contribution < -0.4 is 4.90 Å². The first-order valence-corrected chi connectivity index (χ1v) is 10.9. The Hall–Kier alpha value is -2.41. The molecule has 1 aromatic carbocycles. The van der Waals surface area contributed by atoms with Crippen molar-refractivity contribution in [3.63, 3.8) is 0 Å². The first kappa shape index (κ1) is 19.4. The molecule has 7 heteroatoms. The molecule has 2 aromatic rings. The number of aromatic nitrogens is 1. The Morgan fingerprint density at radius 2 is 1.93 bits per heavy atom. The number of hydrogen-bond acceptors (Lipinski definition) is 5. The Kier molecular flexibility index (Phi) is 5.79. The van der Waals surface area contributed by atoms with Gasteiger partial charge >= 0.3 is 0 Å². The van der Waals surface area contributed by atoms with Crippen LogP contribution >= 0.6 is 0 Å². The maximum absolute atomic E-state index is 12.8. The fourth-order valence-corrected chi connectivity index (χ4v) is 5.08. The first-order valence-electron chi connectivity index (χ1n) is 9.12. The number of amides is 1. The van der Waals surface area contributed by atoms with Crippen molar-refractivity contribution in [1.29, 1.82) is 0 Å². The number of carbonyl (C=O) groups excluding carboxylic acids is 1. The lowest BCUT2D eigenvalue weighted by atomic mass is 10.2. The highest BCUT2D eigenvalue weighted by atomic mass is 32.2. The molecule has 2 heterocycles. The van der Waals surface area contributed by atoms with Gasteiger partial charge in [-0.2, -0.15) is 0 Å². The van der Waals surface area contributed by atoms with E-state index in [0.717, 1.165) is 11.3 Å². The summed E-state index contributed by atoms with van der Waals surface area (Å²) >= 11 is 0. The minimum atomic E-state index is -2.94. The molecule has 1 atom stereocenters. The minimum absolute atomic E-state index is 0.0384. The van der Waals surface area contributed by atoms with E-state index < -0.39 is 9.84 Å². The summed E-state index contributed by atoms with van der Waals surface area (Å²) in [6.07, 6.45) is 2.27. The van der Waals surface area contributed by atoms with Crippen LogP contribution in [0.5, 0.6) is 0 Å². The zero-order valence-electron chi connectivity index (χ0n) is 15.7. The topological polar surface area (TPSA) is 70.6 Å². The van der Waals surface area contributed by atoms with Crippen molar-refractivity contribution in [1.82, 2.24) is 9.88 Å². The van der Waals surface area contributed by atoms with E-state index in [2.05, 4.69) is 4.98 Å². The average molecular weight is 388 g/mol. The highest BCUT2D eigenvalue weighted by Crippen LogP contribution is 2.22. The molecule has 6 nitrogen and oxygen atoms in total. The van der Waals surface area contributed by atoms with Gasteiger partial charge in [0.15, 0.2) is 9.84 Å². The van der Waals surface area contributed by atoms with Crippen LogP contribution in [0.2, 0.25) is 0 Å². The van der Waals surface area contributed by atoms with Crippen molar-refractivity contribution < 1.29 is 13.2 Å². The normalized spacial score (nSPS) is 18.2. The Bertz CT molecular complexity index is 882. The van der Waals surface area contributed by atoms with Gasteiger partial charge in [-0.15, -0.1) is 0 Å². The molecule has 1 amide bonds. The molecule has 27 heavy (non-hydrogen) atoms. The number of pyridine rings is 1. The highest BCUT2D eigenvalue weighted by molar-refractivity contribution is 7.91. The van der Waals surface area contributed by atoms with Gasteiger partial charge < -0.3 is 9.80 Å². The predicted octanol–water partition coefficient (Wildman–Crippen LogP) is 2.37. The second kappa shape index (κ2) is 8.08. The number of nitrogens with zero attached hydrogens (tertiary/aromatic N) is 3. The molecule has 144 valence electrons. The summed E-state index contributed by atoms with van der Waals surface area (Å²) in [5.41, 5.74) is 2.29. The van der Waals surface area contributed by atoms with E-state index in [1.807, 2.05) is 55.3 Å². The second-order valence-electron chi connectivity index (χ2n) is 6.87. The number of sulfone groups is 1. The highest BCUT2D eigenvalue weighted by Gasteiger charge is 2.31. The maximum Gasteiger partial charge on any atom is 0.272 e. The molecule has 1 aliphatic rings. The fraction of sp³-hybridized carbons (Fsp3) is 0.400. The van der Waals surface area contributed by atoms with Gasteiger partial charge in [-0.3, -0.25) is 4.79 Å². The smallest absolute Gasteiger partial charge is 0.272 e. The zero-order valence-corrected chi connectivity index (χ0v) is 16.5. The van der Waals surface area contributed by atoms with E-state index in [1.54, 1.807) is 17.2 Å². The van der Waals surface area contributed by atoms with Crippen molar-refractivity contribution in [3.05, 3.63) is 59.9 Å². The molecule has 0 bridgehead atoms. The largest absolute Gasteiger partial charge is 0.369 e. The van der Waals surface area contributed by atoms with Gasteiger partial charge in [0.1, 0.15) is 5.69 Å². The standard InChI is InChI=1S/C20H25N3O3S/c1-3-23(14-16-7-5-4-6-8-16)20(24)19-10-9-17(13-21-19)22(2)18-11-12-27(25,26)15-18/h4-10,13,18H,3,11-12,14-15H2,1-2H3. The monoisotopic (exact) mass is 387 g/mol. The van der Waals surface area contributed by atoms with E-state index in [9.17, 15) is 13.2 Å². The van der Waals surface area contributed by atoms with E-state index in [4.69, 9.17) is 0 Å². The molecular formula is C20H25N3O3S. The van der Waals surface area contributed by atoms with Crippen molar-refractivity contribution >= 4 is 21.4 Å². The molecule has 1 fully saturated rings. The molecular weight excluding hydrogens is 362 g/mol. The summed E-state index contributed by atoms with van der Waals surface area (Å²) in [5, 5.41) is 0. The van der Waals surface area contributed by atoms with Gasteiger partial charge in [-0.25, -0.2) is 13.4 Å². The van der Waals surface area contributed by atoms with Crippen molar-refractivity contribution in [2.24, 2.45) is 0 Å². The Morgan fingerprint density at radius 1 is 1.19 bits per heavy atom. The summed E-state index contributed by atoms with van der Waals surface area (Å²) in [4.78, 5) is 20.8. The Labute approximate surface area is 160 Å². The van der Waals surface area contributed by atoms with Crippen LogP contribution in [-0.4, -0.2) is 55.3 Å². The minimum Gasteiger partial charge on any atom is -0.369 e. The van der Waals surface area contributed by atoms with Crippen LogP contribution in [0.4, 0.5) is 5.69 Å². The van der Waals surface area contributed by atoms with Gasteiger partial charge in [0.05, 0.1) is 23.4 Å². The lowest BCUT2D eigenvalue weighted by Crippen LogP contribution is -2.33. The van der Waals surface area contributed by atoms with Crippen molar-refractivity contribution in [2.75, 3.05) is 30.0 Å². The SMILES string of the molecule is CCN(Cc1ccccc1)C(=O)c1ccc(N(C)C2CCS(=O)(=O)C2)cn1. The summed E-state index contributed by atoms with van der Waals surface area (Å²) in [6, 6.07) is 13.4. The molecule has 0 radical (unpaired) electrons. The number of carbonyl (C=O) groups is 1. The lowest BCUT2D eigenvalue weighted by molar-refractivity contribution is 0.0746. The van der Waals surface area contributed by atoms with Crippen LogP contribution in [-0.2, 0) is 16.4 Å². The quantitative estimate of drug-likeness (QED) is 0.761. The Morgan fingerprint density at radius 3 is 2.48 bits per heavy atom. The summed E-state index contributed by atoms with van der Waals surface area (Å²) < 4.78 is 23.4. The third kappa shape index (κ3) is 4.66. The third-order valence-electron chi connectivity index (χ3n) is 5.02. The fourth-order valence-electron chi connectivity index (χ4n) is 3.31. The molecule has 0 aliphatic carbocycles. The molecule has 1 aromatic heterocycles.